The zero-order valence-electron chi connectivity index (χ0n) is 10.6. The standard InChI is InChI=1S/C13H11ClN2O4/c1-19-11-4-3-10(16(17)18)6-12(11)20-8-9-2-5-13(14)15-7-9/h2-7H,8H2,1H3. The fourth-order valence-electron chi connectivity index (χ4n) is 1.54. The highest BCUT2D eigenvalue weighted by atomic mass is 35.5. The lowest BCUT2D eigenvalue weighted by molar-refractivity contribution is -0.385. The van der Waals surface area contributed by atoms with E-state index in [4.69, 9.17) is 21.1 Å². The third kappa shape index (κ3) is 3.36. The fraction of sp³-hybridized carbons (Fsp3) is 0.154. The lowest BCUT2D eigenvalue weighted by Crippen LogP contribution is -1.99. The summed E-state index contributed by atoms with van der Waals surface area (Å²) in [6.45, 7) is 0.210. The van der Waals surface area contributed by atoms with Crippen LogP contribution in [0.25, 0.3) is 0 Å². The van der Waals surface area contributed by atoms with Gasteiger partial charge in [0.2, 0.25) is 0 Å². The van der Waals surface area contributed by atoms with E-state index in [9.17, 15) is 10.1 Å². The summed E-state index contributed by atoms with van der Waals surface area (Å²) in [7, 11) is 1.47. The van der Waals surface area contributed by atoms with Crippen LogP contribution in [0, 0.1) is 10.1 Å². The van der Waals surface area contributed by atoms with Crippen LogP contribution in [0.5, 0.6) is 11.5 Å². The summed E-state index contributed by atoms with van der Waals surface area (Å²) >= 11 is 5.69. The van der Waals surface area contributed by atoms with E-state index in [2.05, 4.69) is 4.98 Å². The molecule has 7 heteroatoms. The molecule has 20 heavy (non-hydrogen) atoms. The molecule has 0 bridgehead atoms. The molecule has 2 aromatic rings. The van der Waals surface area contributed by atoms with Crippen molar-refractivity contribution in [2.75, 3.05) is 7.11 Å². The molecule has 0 spiro atoms. The van der Waals surface area contributed by atoms with E-state index in [1.54, 1.807) is 18.3 Å². The van der Waals surface area contributed by atoms with Crippen LogP contribution < -0.4 is 9.47 Å². The quantitative estimate of drug-likeness (QED) is 0.481. The summed E-state index contributed by atoms with van der Waals surface area (Å²) in [5.41, 5.74) is 0.734. The van der Waals surface area contributed by atoms with Crippen molar-refractivity contribution in [2.45, 2.75) is 6.61 Å². The Morgan fingerprint density at radius 1 is 1.30 bits per heavy atom. The number of benzene rings is 1. The van der Waals surface area contributed by atoms with Crippen LogP contribution in [-0.2, 0) is 6.61 Å². The molecule has 0 aliphatic rings. The number of nitro benzene ring substituents is 1. The van der Waals surface area contributed by atoms with Gasteiger partial charge < -0.3 is 9.47 Å². The molecule has 0 aliphatic heterocycles. The molecule has 104 valence electrons. The van der Waals surface area contributed by atoms with Crippen molar-refractivity contribution in [3.8, 4) is 11.5 Å². The molecule has 0 aliphatic carbocycles. The van der Waals surface area contributed by atoms with Crippen molar-refractivity contribution in [1.82, 2.24) is 4.98 Å². The number of halogens is 1. The second kappa shape index (κ2) is 6.21. The Morgan fingerprint density at radius 2 is 2.10 bits per heavy atom. The average molecular weight is 295 g/mol. The number of hydrogen-bond acceptors (Lipinski definition) is 5. The van der Waals surface area contributed by atoms with Gasteiger partial charge in [0.05, 0.1) is 18.1 Å². The highest BCUT2D eigenvalue weighted by Gasteiger charge is 2.12. The van der Waals surface area contributed by atoms with E-state index < -0.39 is 4.92 Å². The maximum absolute atomic E-state index is 10.7. The van der Waals surface area contributed by atoms with Crippen LogP contribution in [-0.4, -0.2) is 17.0 Å². The van der Waals surface area contributed by atoms with Crippen LogP contribution in [0.4, 0.5) is 5.69 Å². The van der Waals surface area contributed by atoms with Gasteiger partial charge in [-0.05, 0) is 12.1 Å². The second-order valence-electron chi connectivity index (χ2n) is 3.87. The number of methoxy groups -OCH3 is 1. The molecule has 1 heterocycles. The highest BCUT2D eigenvalue weighted by molar-refractivity contribution is 6.29. The number of aromatic nitrogens is 1. The summed E-state index contributed by atoms with van der Waals surface area (Å²) in [4.78, 5) is 14.2. The van der Waals surface area contributed by atoms with Crippen LogP contribution in [0.1, 0.15) is 5.56 Å². The van der Waals surface area contributed by atoms with Gasteiger partial charge in [-0.2, -0.15) is 0 Å². The fourth-order valence-corrected chi connectivity index (χ4v) is 1.66. The minimum absolute atomic E-state index is 0.0602. The molecule has 0 amide bonds. The summed E-state index contributed by atoms with van der Waals surface area (Å²) in [5, 5.41) is 11.1. The first-order valence-corrected chi connectivity index (χ1v) is 6.03. The van der Waals surface area contributed by atoms with Crippen molar-refractivity contribution >= 4 is 17.3 Å². The maximum Gasteiger partial charge on any atom is 0.273 e. The second-order valence-corrected chi connectivity index (χ2v) is 4.26. The molecular weight excluding hydrogens is 284 g/mol. The van der Waals surface area contributed by atoms with Crippen LogP contribution in [0.2, 0.25) is 5.15 Å². The zero-order chi connectivity index (χ0) is 14.5. The molecule has 2 rings (SSSR count). The van der Waals surface area contributed by atoms with Crippen molar-refractivity contribution in [2.24, 2.45) is 0 Å². The molecule has 1 aromatic carbocycles. The van der Waals surface area contributed by atoms with Gasteiger partial charge in [0.25, 0.3) is 5.69 Å². The lowest BCUT2D eigenvalue weighted by atomic mass is 10.2. The number of ether oxygens (including phenoxy) is 2. The molecule has 0 atom stereocenters. The molecule has 0 radical (unpaired) electrons. The number of hydrogen-bond donors (Lipinski definition) is 0. The number of non-ortho nitro benzene ring substituents is 1. The molecular formula is C13H11ClN2O4. The van der Waals surface area contributed by atoms with Crippen LogP contribution >= 0.6 is 11.6 Å². The van der Waals surface area contributed by atoms with E-state index in [1.807, 2.05) is 0 Å². The van der Waals surface area contributed by atoms with Gasteiger partial charge in [-0.15, -0.1) is 0 Å². The lowest BCUT2D eigenvalue weighted by Gasteiger charge is -2.10. The highest BCUT2D eigenvalue weighted by Crippen LogP contribution is 2.31. The van der Waals surface area contributed by atoms with Crippen molar-refractivity contribution < 1.29 is 14.4 Å². The predicted octanol–water partition coefficient (Wildman–Crippen LogP) is 3.23. The van der Waals surface area contributed by atoms with Gasteiger partial charge in [0.15, 0.2) is 11.5 Å². The van der Waals surface area contributed by atoms with Gasteiger partial charge in [-0.3, -0.25) is 10.1 Å². The molecule has 6 nitrogen and oxygen atoms in total. The van der Waals surface area contributed by atoms with Crippen molar-refractivity contribution in [1.29, 1.82) is 0 Å². The Bertz CT molecular complexity index is 616. The van der Waals surface area contributed by atoms with Gasteiger partial charge in [-0.1, -0.05) is 17.7 Å². The number of pyridine rings is 1. The minimum Gasteiger partial charge on any atom is -0.493 e. The first-order valence-electron chi connectivity index (χ1n) is 5.66. The van der Waals surface area contributed by atoms with Gasteiger partial charge >= 0.3 is 0 Å². The third-order valence-corrected chi connectivity index (χ3v) is 2.76. The third-order valence-electron chi connectivity index (χ3n) is 2.54. The first kappa shape index (κ1) is 14.1. The Kier molecular flexibility index (Phi) is 4.37. The van der Waals surface area contributed by atoms with Gasteiger partial charge in [0.1, 0.15) is 11.8 Å². The smallest absolute Gasteiger partial charge is 0.273 e. The van der Waals surface area contributed by atoms with Crippen molar-refractivity contribution in [3.63, 3.8) is 0 Å². The Labute approximate surface area is 120 Å². The Balaban J connectivity index is 2.16. The molecule has 0 N–H and O–H groups in total. The van der Waals surface area contributed by atoms with Gasteiger partial charge in [0, 0.05) is 17.8 Å². The average Bonchev–Trinajstić information content (AvgIpc) is 2.46. The van der Waals surface area contributed by atoms with E-state index in [0.717, 1.165) is 5.56 Å². The van der Waals surface area contributed by atoms with E-state index in [-0.39, 0.29) is 12.3 Å². The largest absolute Gasteiger partial charge is 0.493 e. The van der Waals surface area contributed by atoms with Gasteiger partial charge in [-0.25, -0.2) is 4.98 Å². The Morgan fingerprint density at radius 3 is 2.70 bits per heavy atom. The first-order chi connectivity index (χ1) is 9.60. The molecule has 0 fully saturated rings. The van der Waals surface area contributed by atoms with E-state index in [0.29, 0.717) is 16.7 Å². The maximum atomic E-state index is 10.7. The zero-order valence-corrected chi connectivity index (χ0v) is 11.3. The van der Waals surface area contributed by atoms with Crippen LogP contribution in [0.15, 0.2) is 36.5 Å². The summed E-state index contributed by atoms with van der Waals surface area (Å²) in [6, 6.07) is 7.58. The van der Waals surface area contributed by atoms with Crippen molar-refractivity contribution in [3.05, 3.63) is 57.4 Å². The molecule has 1 aromatic heterocycles. The molecule has 0 saturated heterocycles. The predicted molar refractivity (Wildman–Crippen MR) is 73.2 cm³/mol. The number of rotatable bonds is 5. The van der Waals surface area contributed by atoms with E-state index in [1.165, 1.54) is 25.3 Å². The van der Waals surface area contributed by atoms with Crippen LogP contribution in [0.3, 0.4) is 0 Å². The number of nitrogens with zero attached hydrogens (tertiary/aromatic N) is 2. The summed E-state index contributed by atoms with van der Waals surface area (Å²) in [5.74, 6) is 0.731. The number of nitro groups is 1. The molecule has 0 unspecified atom stereocenters. The Hall–Kier alpha value is -2.34. The minimum atomic E-state index is -0.490. The monoisotopic (exact) mass is 294 g/mol. The summed E-state index contributed by atoms with van der Waals surface area (Å²) in [6.07, 6.45) is 1.58. The van der Waals surface area contributed by atoms with E-state index >= 15 is 0 Å². The summed E-state index contributed by atoms with van der Waals surface area (Å²) < 4.78 is 10.6. The SMILES string of the molecule is COc1ccc([N+](=O)[O-])cc1OCc1ccc(Cl)nc1. The topological polar surface area (TPSA) is 74.5 Å². The molecule has 0 saturated carbocycles. The normalized spacial score (nSPS) is 10.1.